The smallest absolute Gasteiger partial charge is 0.195 e. The monoisotopic (exact) mass is 330 g/mol. The van der Waals surface area contributed by atoms with E-state index >= 15 is 0 Å². The Balaban J connectivity index is 1.74. The van der Waals surface area contributed by atoms with E-state index in [9.17, 15) is 14.7 Å². The molecule has 3 fully saturated rings. The molecular weight excluding hydrogens is 300 g/mol. The summed E-state index contributed by atoms with van der Waals surface area (Å²) in [6.45, 7) is 5.80. The van der Waals surface area contributed by atoms with Crippen molar-refractivity contribution >= 4 is 11.6 Å². The van der Waals surface area contributed by atoms with Gasteiger partial charge in [0, 0.05) is 5.41 Å². The molecule has 0 spiro atoms. The van der Waals surface area contributed by atoms with Crippen molar-refractivity contribution in [1.82, 2.24) is 0 Å². The number of hydrogen-bond donors (Lipinski definition) is 1. The van der Waals surface area contributed by atoms with Crippen LogP contribution in [0.5, 0.6) is 0 Å². The van der Waals surface area contributed by atoms with Gasteiger partial charge >= 0.3 is 0 Å². The first-order valence-electron chi connectivity index (χ1n) is 9.75. The average Bonchev–Trinajstić information content (AvgIpc) is 2.75. The van der Waals surface area contributed by atoms with E-state index in [2.05, 4.69) is 6.92 Å². The van der Waals surface area contributed by atoms with E-state index in [0.717, 1.165) is 30.8 Å². The summed E-state index contributed by atoms with van der Waals surface area (Å²) in [6.07, 6.45) is 11.1. The zero-order valence-corrected chi connectivity index (χ0v) is 15.2. The van der Waals surface area contributed by atoms with E-state index in [1.165, 1.54) is 39.0 Å². The molecular formula is C21H30O3. The van der Waals surface area contributed by atoms with Gasteiger partial charge in [-0.15, -0.1) is 0 Å². The summed E-state index contributed by atoms with van der Waals surface area (Å²) in [5.41, 5.74) is -1.04. The van der Waals surface area contributed by atoms with Crippen LogP contribution < -0.4 is 0 Å². The lowest BCUT2D eigenvalue weighted by Crippen LogP contribution is -2.58. The van der Waals surface area contributed by atoms with Crippen LogP contribution in [0.25, 0.3) is 0 Å². The first-order valence-corrected chi connectivity index (χ1v) is 9.75. The van der Waals surface area contributed by atoms with Gasteiger partial charge in [-0.05, 0) is 74.7 Å². The van der Waals surface area contributed by atoms with Gasteiger partial charge in [0.05, 0.1) is 0 Å². The molecule has 4 aliphatic rings. The quantitative estimate of drug-likeness (QED) is 0.743. The fourth-order valence-corrected chi connectivity index (χ4v) is 7.07. The summed E-state index contributed by atoms with van der Waals surface area (Å²) in [5, 5.41) is 11.0. The van der Waals surface area contributed by atoms with E-state index in [1.807, 2.05) is 6.92 Å². The molecule has 132 valence electrons. The molecule has 1 N–H and O–H groups in total. The zero-order valence-electron chi connectivity index (χ0n) is 15.2. The van der Waals surface area contributed by atoms with Crippen molar-refractivity contribution in [1.29, 1.82) is 0 Å². The number of hydrogen-bond acceptors (Lipinski definition) is 3. The Kier molecular flexibility index (Phi) is 3.46. The Morgan fingerprint density at radius 3 is 2.58 bits per heavy atom. The topological polar surface area (TPSA) is 54.4 Å². The second-order valence-electron chi connectivity index (χ2n) is 9.34. The van der Waals surface area contributed by atoms with Crippen molar-refractivity contribution in [3.63, 3.8) is 0 Å². The third kappa shape index (κ3) is 1.77. The highest BCUT2D eigenvalue weighted by Gasteiger charge is 2.66. The molecule has 0 heterocycles. The van der Waals surface area contributed by atoms with E-state index in [-0.39, 0.29) is 5.78 Å². The second kappa shape index (κ2) is 5.03. The van der Waals surface area contributed by atoms with Gasteiger partial charge in [-0.3, -0.25) is 9.59 Å². The van der Waals surface area contributed by atoms with Crippen LogP contribution in [0.2, 0.25) is 0 Å². The zero-order chi connectivity index (χ0) is 17.3. The second-order valence-corrected chi connectivity index (χ2v) is 9.34. The summed E-state index contributed by atoms with van der Waals surface area (Å²) in [5.74, 6) is 1.04. The van der Waals surface area contributed by atoms with E-state index < -0.39 is 16.8 Å². The molecule has 3 saturated carbocycles. The van der Waals surface area contributed by atoms with Crippen LogP contribution in [0.3, 0.4) is 0 Å². The number of carbonyl (C=O) groups excluding carboxylic acids is 2. The summed E-state index contributed by atoms with van der Waals surface area (Å²) in [4.78, 5) is 24.8. The first kappa shape index (κ1) is 16.5. The van der Waals surface area contributed by atoms with E-state index in [4.69, 9.17) is 0 Å². The van der Waals surface area contributed by atoms with E-state index in [1.54, 1.807) is 6.08 Å². The van der Waals surface area contributed by atoms with Crippen molar-refractivity contribution in [2.45, 2.75) is 77.7 Å². The van der Waals surface area contributed by atoms with Crippen LogP contribution >= 0.6 is 0 Å². The Morgan fingerprint density at radius 2 is 1.88 bits per heavy atom. The van der Waals surface area contributed by atoms with Crippen molar-refractivity contribution in [2.75, 3.05) is 0 Å². The Bertz CT molecular complexity index is 635. The predicted molar refractivity (Wildman–Crippen MR) is 92.3 cm³/mol. The number of fused-ring (bicyclic) bond motifs is 5. The molecule has 3 heteroatoms. The molecule has 1 unspecified atom stereocenters. The molecule has 24 heavy (non-hydrogen) atoms. The lowest BCUT2D eigenvalue weighted by atomic mass is 9.45. The average molecular weight is 330 g/mol. The molecule has 3 nitrogen and oxygen atoms in total. The molecule has 0 saturated heterocycles. The summed E-state index contributed by atoms with van der Waals surface area (Å²) >= 11 is 0. The molecule has 0 aromatic rings. The van der Waals surface area contributed by atoms with Crippen molar-refractivity contribution < 1.29 is 14.7 Å². The van der Waals surface area contributed by atoms with Gasteiger partial charge in [-0.1, -0.05) is 32.3 Å². The minimum Gasteiger partial charge on any atom is -0.374 e. The van der Waals surface area contributed by atoms with Gasteiger partial charge in [0.1, 0.15) is 0 Å². The molecule has 4 rings (SSSR count). The number of carbonyl (C=O) groups is 2. The number of aliphatic hydroxyl groups is 1. The molecule has 0 aromatic carbocycles. The maximum absolute atomic E-state index is 12.6. The SMILES string of the molecule is CC(=O)[C@@]1(O)C(=O)C=C2[C@@H]3CCC4CCCC[C@]4(C)[C@H]3CC[C@@]21C. The van der Waals surface area contributed by atoms with Gasteiger partial charge in [-0.2, -0.15) is 0 Å². The molecule has 0 aliphatic heterocycles. The number of Topliss-reactive ketones (excluding diaryl/α,β-unsaturated/α-hetero) is 1. The molecule has 0 bridgehead atoms. The van der Waals surface area contributed by atoms with Crippen LogP contribution in [0, 0.1) is 28.6 Å². The predicted octanol–water partition coefficient (Wildman–Crippen LogP) is 3.84. The van der Waals surface area contributed by atoms with Crippen molar-refractivity contribution in [3.05, 3.63) is 11.6 Å². The molecule has 0 amide bonds. The maximum Gasteiger partial charge on any atom is 0.195 e. The minimum atomic E-state index is -1.82. The van der Waals surface area contributed by atoms with Gasteiger partial charge in [0.25, 0.3) is 0 Å². The summed E-state index contributed by atoms with van der Waals surface area (Å²) < 4.78 is 0. The lowest BCUT2D eigenvalue weighted by Gasteiger charge is -2.59. The Hall–Kier alpha value is -0.960. The van der Waals surface area contributed by atoms with Crippen LogP contribution in [0.4, 0.5) is 0 Å². The van der Waals surface area contributed by atoms with Crippen LogP contribution in [-0.2, 0) is 9.59 Å². The van der Waals surface area contributed by atoms with Crippen LogP contribution in [0.1, 0.15) is 72.1 Å². The molecule has 6 atom stereocenters. The minimum absolute atomic E-state index is 0.371. The van der Waals surface area contributed by atoms with Crippen molar-refractivity contribution in [3.8, 4) is 0 Å². The Morgan fingerprint density at radius 1 is 1.12 bits per heavy atom. The number of rotatable bonds is 1. The third-order valence-corrected chi connectivity index (χ3v) is 8.55. The van der Waals surface area contributed by atoms with Gasteiger partial charge in [0.15, 0.2) is 17.2 Å². The fraction of sp³-hybridized carbons (Fsp3) is 0.810. The Labute approximate surface area is 144 Å². The summed E-state index contributed by atoms with van der Waals surface area (Å²) in [6, 6.07) is 0. The highest BCUT2D eigenvalue weighted by Crippen LogP contribution is 2.66. The standard InChI is InChI=1S/C21H30O3/c1-13(22)21(24)18(23)12-17-15-8-7-14-6-4-5-10-19(14,2)16(15)9-11-20(17,21)3/h12,14-16,24H,4-11H2,1-3H3/t14?,15-,16+,19+,20+,21-/m1/s1. The third-order valence-electron chi connectivity index (χ3n) is 8.55. The first-order chi connectivity index (χ1) is 11.2. The normalized spacial score (nSPS) is 50.6. The highest BCUT2D eigenvalue weighted by atomic mass is 16.3. The van der Waals surface area contributed by atoms with Gasteiger partial charge in [0.2, 0.25) is 0 Å². The largest absolute Gasteiger partial charge is 0.374 e. The van der Waals surface area contributed by atoms with Crippen molar-refractivity contribution in [2.24, 2.45) is 28.6 Å². The summed E-state index contributed by atoms with van der Waals surface area (Å²) in [7, 11) is 0. The van der Waals surface area contributed by atoms with Crippen LogP contribution in [-0.4, -0.2) is 22.3 Å². The fourth-order valence-electron chi connectivity index (χ4n) is 7.07. The maximum atomic E-state index is 12.6. The lowest BCUT2D eigenvalue weighted by molar-refractivity contribution is -0.160. The van der Waals surface area contributed by atoms with E-state index in [0.29, 0.717) is 17.3 Å². The molecule has 0 aromatic heterocycles. The highest BCUT2D eigenvalue weighted by molar-refractivity contribution is 6.17. The molecule has 0 radical (unpaired) electrons. The van der Waals surface area contributed by atoms with Crippen LogP contribution in [0.15, 0.2) is 11.6 Å². The van der Waals surface area contributed by atoms with Gasteiger partial charge in [-0.25, -0.2) is 0 Å². The number of ketones is 2. The molecule has 4 aliphatic carbocycles. The van der Waals surface area contributed by atoms with Gasteiger partial charge < -0.3 is 5.11 Å².